The number of hydrogen-bond donors (Lipinski definition) is 1. The monoisotopic (exact) mass is 305 g/mol. The SMILES string of the molecule is O=C1C[C@H]2NCC[C@H]2N1Cc1csc(-c2cccs2)n1. The van der Waals surface area contributed by atoms with Gasteiger partial charge in [-0.25, -0.2) is 4.98 Å². The standard InChI is InChI=1S/C14H15N3OS2/c18-13-6-10-11(3-4-15-10)17(13)7-9-8-20-14(16-9)12-2-1-5-19-12/h1-2,5,8,10-11,15H,3-4,6-7H2/t10-,11-/m1/s1. The van der Waals surface area contributed by atoms with E-state index in [4.69, 9.17) is 0 Å². The number of carbonyl (C=O) groups is 1. The van der Waals surface area contributed by atoms with Crippen LogP contribution in [0, 0.1) is 0 Å². The average molecular weight is 305 g/mol. The number of nitrogens with one attached hydrogen (secondary N) is 1. The van der Waals surface area contributed by atoms with Crippen molar-refractivity contribution in [3.63, 3.8) is 0 Å². The number of thiophene rings is 1. The fourth-order valence-electron chi connectivity index (χ4n) is 3.10. The van der Waals surface area contributed by atoms with E-state index in [1.165, 1.54) is 4.88 Å². The van der Waals surface area contributed by atoms with E-state index in [0.29, 0.717) is 25.0 Å². The van der Waals surface area contributed by atoms with Gasteiger partial charge in [-0.15, -0.1) is 22.7 Å². The van der Waals surface area contributed by atoms with E-state index in [0.717, 1.165) is 23.7 Å². The van der Waals surface area contributed by atoms with Crippen LogP contribution in [0.25, 0.3) is 9.88 Å². The molecule has 0 spiro atoms. The maximum atomic E-state index is 12.1. The van der Waals surface area contributed by atoms with Crippen molar-refractivity contribution in [1.29, 1.82) is 0 Å². The fraction of sp³-hybridized carbons (Fsp3) is 0.429. The Bertz CT molecular complexity index is 622. The molecule has 2 aromatic heterocycles. The van der Waals surface area contributed by atoms with Crippen molar-refractivity contribution in [2.75, 3.05) is 6.54 Å². The van der Waals surface area contributed by atoms with E-state index in [-0.39, 0.29) is 5.91 Å². The van der Waals surface area contributed by atoms with Gasteiger partial charge in [0.05, 0.1) is 17.1 Å². The zero-order valence-corrected chi connectivity index (χ0v) is 12.5. The molecule has 2 aliphatic heterocycles. The number of amides is 1. The third-order valence-electron chi connectivity index (χ3n) is 4.04. The van der Waals surface area contributed by atoms with Gasteiger partial charge in [0, 0.05) is 23.9 Å². The molecule has 2 atom stereocenters. The number of thiazole rings is 1. The highest BCUT2D eigenvalue weighted by Gasteiger charge is 2.42. The van der Waals surface area contributed by atoms with Crippen LogP contribution in [0.15, 0.2) is 22.9 Å². The van der Waals surface area contributed by atoms with Crippen LogP contribution in [0.4, 0.5) is 0 Å². The maximum absolute atomic E-state index is 12.1. The molecule has 0 unspecified atom stereocenters. The van der Waals surface area contributed by atoms with Gasteiger partial charge >= 0.3 is 0 Å². The van der Waals surface area contributed by atoms with Gasteiger partial charge in [-0.2, -0.15) is 0 Å². The molecule has 20 heavy (non-hydrogen) atoms. The van der Waals surface area contributed by atoms with Crippen LogP contribution < -0.4 is 5.32 Å². The Morgan fingerprint density at radius 2 is 2.40 bits per heavy atom. The van der Waals surface area contributed by atoms with Crippen LogP contribution >= 0.6 is 22.7 Å². The Labute approximate surface area is 125 Å². The summed E-state index contributed by atoms with van der Waals surface area (Å²) in [7, 11) is 0. The first kappa shape index (κ1) is 12.5. The summed E-state index contributed by atoms with van der Waals surface area (Å²) in [5.41, 5.74) is 1.01. The Morgan fingerprint density at radius 1 is 1.45 bits per heavy atom. The number of hydrogen-bond acceptors (Lipinski definition) is 5. The molecule has 2 fully saturated rings. The molecule has 2 aromatic rings. The molecular formula is C14H15N3OS2. The minimum atomic E-state index is 0.262. The lowest BCUT2D eigenvalue weighted by molar-refractivity contribution is -0.129. The molecule has 1 N–H and O–H groups in total. The van der Waals surface area contributed by atoms with Gasteiger partial charge < -0.3 is 10.2 Å². The average Bonchev–Trinajstić information content (AvgIpc) is 3.17. The summed E-state index contributed by atoms with van der Waals surface area (Å²) >= 11 is 3.37. The van der Waals surface area contributed by atoms with E-state index in [1.54, 1.807) is 22.7 Å². The smallest absolute Gasteiger partial charge is 0.224 e. The molecule has 0 saturated carbocycles. The fourth-order valence-corrected chi connectivity index (χ4v) is 4.72. The molecule has 0 aromatic carbocycles. The highest BCUT2D eigenvalue weighted by Crippen LogP contribution is 2.31. The van der Waals surface area contributed by atoms with Crippen molar-refractivity contribution < 1.29 is 4.79 Å². The molecule has 6 heteroatoms. The second-order valence-electron chi connectivity index (χ2n) is 5.26. The van der Waals surface area contributed by atoms with Crippen molar-refractivity contribution >= 4 is 28.6 Å². The Kier molecular flexibility index (Phi) is 3.09. The number of carbonyl (C=O) groups excluding carboxylic acids is 1. The zero-order valence-electron chi connectivity index (χ0n) is 10.9. The lowest BCUT2D eigenvalue weighted by Gasteiger charge is -2.22. The topological polar surface area (TPSA) is 45.2 Å². The highest BCUT2D eigenvalue weighted by atomic mass is 32.1. The second kappa shape index (κ2) is 4.95. The molecule has 104 valence electrons. The van der Waals surface area contributed by atoms with Crippen LogP contribution in [0.1, 0.15) is 18.5 Å². The quantitative estimate of drug-likeness (QED) is 0.946. The highest BCUT2D eigenvalue weighted by molar-refractivity contribution is 7.20. The molecule has 0 bridgehead atoms. The van der Waals surface area contributed by atoms with Crippen molar-refractivity contribution in [3.05, 3.63) is 28.6 Å². The lowest BCUT2D eigenvalue weighted by Crippen LogP contribution is -2.35. The van der Waals surface area contributed by atoms with Crippen LogP contribution in [0.5, 0.6) is 0 Å². The van der Waals surface area contributed by atoms with Crippen LogP contribution in [-0.4, -0.2) is 34.4 Å². The van der Waals surface area contributed by atoms with Crippen molar-refractivity contribution in [3.8, 4) is 9.88 Å². The van der Waals surface area contributed by atoms with E-state index in [1.807, 2.05) is 11.0 Å². The van der Waals surface area contributed by atoms with Gasteiger partial charge in [0.15, 0.2) is 0 Å². The molecule has 2 aliphatic rings. The largest absolute Gasteiger partial charge is 0.332 e. The van der Waals surface area contributed by atoms with Gasteiger partial charge in [-0.3, -0.25) is 4.79 Å². The third kappa shape index (κ3) is 2.08. The van der Waals surface area contributed by atoms with Crippen molar-refractivity contribution in [2.45, 2.75) is 31.5 Å². The first-order valence-electron chi connectivity index (χ1n) is 6.82. The normalized spacial score (nSPS) is 25.4. The van der Waals surface area contributed by atoms with Crippen LogP contribution in [-0.2, 0) is 11.3 Å². The van der Waals surface area contributed by atoms with Crippen LogP contribution in [0.3, 0.4) is 0 Å². The predicted octanol–water partition coefficient (Wildman–Crippen LogP) is 2.33. The minimum absolute atomic E-state index is 0.262. The maximum Gasteiger partial charge on any atom is 0.224 e. The third-order valence-corrected chi connectivity index (χ3v) is 5.97. The number of likely N-dealkylation sites (tertiary alicyclic amines) is 1. The first-order valence-corrected chi connectivity index (χ1v) is 8.58. The number of rotatable bonds is 3. The Hall–Kier alpha value is -1.24. The van der Waals surface area contributed by atoms with E-state index < -0.39 is 0 Å². The Balaban J connectivity index is 1.53. The van der Waals surface area contributed by atoms with Crippen LogP contribution in [0.2, 0.25) is 0 Å². The van der Waals surface area contributed by atoms with E-state index >= 15 is 0 Å². The molecule has 4 nitrogen and oxygen atoms in total. The van der Waals surface area contributed by atoms with E-state index in [2.05, 4.69) is 27.1 Å². The number of aromatic nitrogens is 1. The molecule has 0 radical (unpaired) electrons. The summed E-state index contributed by atoms with van der Waals surface area (Å²) in [6.45, 7) is 1.68. The van der Waals surface area contributed by atoms with Gasteiger partial charge in [0.2, 0.25) is 5.91 Å². The van der Waals surface area contributed by atoms with Crippen molar-refractivity contribution in [2.24, 2.45) is 0 Å². The van der Waals surface area contributed by atoms with Gasteiger partial charge in [0.25, 0.3) is 0 Å². The molecule has 4 rings (SSSR count). The number of fused-ring (bicyclic) bond motifs is 1. The summed E-state index contributed by atoms with van der Waals surface area (Å²) in [6.07, 6.45) is 1.71. The van der Waals surface area contributed by atoms with Gasteiger partial charge in [0.1, 0.15) is 5.01 Å². The summed E-state index contributed by atoms with van der Waals surface area (Å²) < 4.78 is 0. The summed E-state index contributed by atoms with van der Waals surface area (Å²) in [5.74, 6) is 0.262. The zero-order chi connectivity index (χ0) is 13.5. The molecule has 2 saturated heterocycles. The molecular weight excluding hydrogens is 290 g/mol. The van der Waals surface area contributed by atoms with Crippen molar-refractivity contribution in [1.82, 2.24) is 15.2 Å². The summed E-state index contributed by atoms with van der Waals surface area (Å²) in [4.78, 5) is 20.0. The lowest BCUT2D eigenvalue weighted by atomic mass is 10.1. The number of nitrogens with zero attached hydrogens (tertiary/aromatic N) is 2. The van der Waals surface area contributed by atoms with Gasteiger partial charge in [-0.05, 0) is 24.4 Å². The first-order chi connectivity index (χ1) is 9.81. The predicted molar refractivity (Wildman–Crippen MR) is 80.8 cm³/mol. The second-order valence-corrected chi connectivity index (χ2v) is 7.07. The Morgan fingerprint density at radius 3 is 3.25 bits per heavy atom. The summed E-state index contributed by atoms with van der Waals surface area (Å²) in [6, 6.07) is 4.86. The molecule has 4 heterocycles. The summed E-state index contributed by atoms with van der Waals surface area (Å²) in [5, 5.41) is 8.62. The van der Waals surface area contributed by atoms with E-state index in [9.17, 15) is 4.79 Å². The molecule has 1 amide bonds. The molecule has 0 aliphatic carbocycles. The van der Waals surface area contributed by atoms with Gasteiger partial charge in [-0.1, -0.05) is 6.07 Å². The minimum Gasteiger partial charge on any atom is -0.332 e.